The average molecular weight is 366 g/mol. The van der Waals surface area contributed by atoms with Gasteiger partial charge in [-0.2, -0.15) is 5.10 Å². The molecule has 0 fully saturated rings. The van der Waals surface area contributed by atoms with E-state index < -0.39 is 23.8 Å². The first-order chi connectivity index (χ1) is 12.2. The van der Waals surface area contributed by atoms with Crippen LogP contribution in [0.15, 0.2) is 43.0 Å². The van der Waals surface area contributed by atoms with Crippen molar-refractivity contribution >= 4 is 11.6 Å². The molecule has 0 bridgehead atoms. The van der Waals surface area contributed by atoms with Gasteiger partial charge in [0.1, 0.15) is 11.5 Å². The van der Waals surface area contributed by atoms with Gasteiger partial charge in [0.25, 0.3) is 5.91 Å². The van der Waals surface area contributed by atoms with Gasteiger partial charge >= 0.3 is 6.36 Å². The number of hydrogen-bond acceptors (Lipinski definition) is 4. The molecule has 0 unspecified atom stereocenters. The summed E-state index contributed by atoms with van der Waals surface area (Å²) in [5, 5.41) is 16.3. The van der Waals surface area contributed by atoms with Gasteiger partial charge in [-0.05, 0) is 12.1 Å². The van der Waals surface area contributed by atoms with Gasteiger partial charge in [0, 0.05) is 42.8 Å². The zero-order valence-corrected chi connectivity index (χ0v) is 13.3. The first-order valence-electron chi connectivity index (χ1n) is 7.29. The lowest BCUT2D eigenvalue weighted by atomic mass is 10.1. The zero-order chi connectivity index (χ0) is 18.9. The van der Waals surface area contributed by atoms with Crippen molar-refractivity contribution in [1.82, 2.24) is 14.8 Å². The van der Waals surface area contributed by atoms with E-state index in [-0.39, 0.29) is 11.3 Å². The highest BCUT2D eigenvalue weighted by molar-refractivity contribution is 6.09. The van der Waals surface area contributed by atoms with Crippen LogP contribution in [0.2, 0.25) is 0 Å². The number of nitrogens with zero attached hydrogens (tertiary/aromatic N) is 2. The van der Waals surface area contributed by atoms with E-state index in [1.54, 1.807) is 30.3 Å². The number of amides is 1. The molecule has 0 atom stereocenters. The molecule has 0 radical (unpaired) electrons. The van der Waals surface area contributed by atoms with Crippen molar-refractivity contribution in [3.8, 4) is 22.6 Å². The highest BCUT2D eigenvalue weighted by Crippen LogP contribution is 2.32. The Morgan fingerprint density at radius 2 is 2.12 bits per heavy atom. The first kappa shape index (κ1) is 17.4. The van der Waals surface area contributed by atoms with Crippen LogP contribution in [0.25, 0.3) is 11.1 Å². The lowest BCUT2D eigenvalue weighted by molar-refractivity contribution is -0.274. The van der Waals surface area contributed by atoms with Crippen LogP contribution in [0.5, 0.6) is 11.5 Å². The number of phenols is 1. The summed E-state index contributed by atoms with van der Waals surface area (Å²) in [4.78, 5) is 15.3. The summed E-state index contributed by atoms with van der Waals surface area (Å²) in [7, 11) is 1.73. The second kappa shape index (κ2) is 6.47. The van der Waals surface area contributed by atoms with E-state index >= 15 is 0 Å². The molecule has 0 aliphatic heterocycles. The standard InChI is InChI=1S/C16H13F3N4O3/c1-23-8-9(5-21-23)11-6-20-7-12(11)15(25)22-13-3-2-10(4-14(13)24)26-16(17,18)19/h2-8,20,24H,1H3,(H,22,25). The number of alkyl halides is 3. The van der Waals surface area contributed by atoms with Crippen LogP contribution < -0.4 is 10.1 Å². The second-order valence-electron chi connectivity index (χ2n) is 5.37. The smallest absolute Gasteiger partial charge is 0.506 e. The van der Waals surface area contributed by atoms with Gasteiger partial charge in [0.2, 0.25) is 0 Å². The molecule has 3 aromatic rings. The van der Waals surface area contributed by atoms with Gasteiger partial charge in [0.15, 0.2) is 0 Å². The van der Waals surface area contributed by atoms with Gasteiger partial charge in [-0.1, -0.05) is 0 Å². The lowest BCUT2D eigenvalue weighted by Crippen LogP contribution is -2.17. The van der Waals surface area contributed by atoms with E-state index in [1.165, 1.54) is 6.20 Å². The van der Waals surface area contributed by atoms with Crippen molar-refractivity contribution < 1.29 is 27.8 Å². The number of nitrogens with one attached hydrogen (secondary N) is 2. The maximum Gasteiger partial charge on any atom is 0.573 e. The molecular formula is C16H13F3N4O3. The van der Waals surface area contributed by atoms with Crippen molar-refractivity contribution in [3.63, 3.8) is 0 Å². The molecule has 0 aliphatic carbocycles. The van der Waals surface area contributed by atoms with E-state index in [4.69, 9.17) is 0 Å². The number of anilines is 1. The van der Waals surface area contributed by atoms with Crippen LogP contribution in [0.3, 0.4) is 0 Å². The van der Waals surface area contributed by atoms with Gasteiger partial charge in [-0.25, -0.2) is 0 Å². The Labute approximate surface area is 145 Å². The molecule has 2 aromatic heterocycles. The van der Waals surface area contributed by atoms with Crippen LogP contribution in [-0.4, -0.2) is 32.1 Å². The summed E-state index contributed by atoms with van der Waals surface area (Å²) in [5.41, 5.74) is 1.53. The predicted molar refractivity (Wildman–Crippen MR) is 85.7 cm³/mol. The minimum atomic E-state index is -4.87. The molecule has 2 heterocycles. The van der Waals surface area contributed by atoms with Crippen molar-refractivity contribution in [3.05, 3.63) is 48.5 Å². The minimum absolute atomic E-state index is 0.0529. The van der Waals surface area contributed by atoms with E-state index in [0.29, 0.717) is 11.1 Å². The summed E-state index contributed by atoms with van der Waals surface area (Å²) in [5.74, 6) is -1.70. The average Bonchev–Trinajstić information content (AvgIpc) is 3.16. The number of carbonyl (C=O) groups excluding carboxylic acids is 1. The first-order valence-corrected chi connectivity index (χ1v) is 7.29. The number of halogens is 3. The van der Waals surface area contributed by atoms with Gasteiger partial charge in [0.05, 0.1) is 17.4 Å². The summed E-state index contributed by atoms with van der Waals surface area (Å²) in [6.07, 6.45) is 1.52. The molecular weight excluding hydrogens is 353 g/mol. The fourth-order valence-electron chi connectivity index (χ4n) is 2.35. The number of aryl methyl sites for hydroxylation is 1. The number of aromatic hydroxyl groups is 1. The Kier molecular flexibility index (Phi) is 4.33. The third kappa shape index (κ3) is 3.79. The molecule has 3 rings (SSSR count). The Balaban J connectivity index is 1.80. The molecule has 0 aliphatic rings. The normalized spacial score (nSPS) is 11.4. The van der Waals surface area contributed by atoms with E-state index in [0.717, 1.165) is 18.2 Å². The molecule has 26 heavy (non-hydrogen) atoms. The van der Waals surface area contributed by atoms with Gasteiger partial charge < -0.3 is 20.1 Å². The maximum absolute atomic E-state index is 12.5. The minimum Gasteiger partial charge on any atom is -0.506 e. The van der Waals surface area contributed by atoms with Crippen LogP contribution in [-0.2, 0) is 7.05 Å². The van der Waals surface area contributed by atoms with Crippen LogP contribution >= 0.6 is 0 Å². The quantitative estimate of drug-likeness (QED) is 0.618. The van der Waals surface area contributed by atoms with Crippen LogP contribution in [0.4, 0.5) is 18.9 Å². The van der Waals surface area contributed by atoms with Crippen molar-refractivity contribution in [2.24, 2.45) is 7.05 Å². The number of carbonyl (C=O) groups is 1. The van der Waals surface area contributed by atoms with Crippen molar-refractivity contribution in [2.75, 3.05) is 5.32 Å². The highest BCUT2D eigenvalue weighted by atomic mass is 19.4. The second-order valence-corrected chi connectivity index (χ2v) is 5.37. The third-order valence-electron chi connectivity index (χ3n) is 3.46. The number of aromatic amines is 1. The summed E-state index contributed by atoms with van der Waals surface area (Å²) in [6, 6.07) is 2.87. The topological polar surface area (TPSA) is 92.2 Å². The fraction of sp³-hybridized carbons (Fsp3) is 0.125. The van der Waals surface area contributed by atoms with Gasteiger partial charge in [-0.3, -0.25) is 9.48 Å². The molecule has 7 nitrogen and oxygen atoms in total. The summed E-state index contributed by atoms with van der Waals surface area (Å²) in [6.45, 7) is 0. The molecule has 0 saturated carbocycles. The molecule has 3 N–H and O–H groups in total. The molecule has 1 aromatic carbocycles. The molecule has 1 amide bonds. The molecule has 136 valence electrons. The predicted octanol–water partition coefficient (Wildman–Crippen LogP) is 3.27. The molecule has 0 saturated heterocycles. The number of benzene rings is 1. The Morgan fingerprint density at radius 3 is 2.73 bits per heavy atom. The maximum atomic E-state index is 12.5. The highest BCUT2D eigenvalue weighted by Gasteiger charge is 2.31. The fourth-order valence-corrected chi connectivity index (χ4v) is 2.35. The lowest BCUT2D eigenvalue weighted by Gasteiger charge is -2.11. The molecule has 0 spiro atoms. The Morgan fingerprint density at radius 1 is 1.35 bits per heavy atom. The Hall–Kier alpha value is -3.43. The van der Waals surface area contributed by atoms with E-state index in [9.17, 15) is 23.1 Å². The summed E-state index contributed by atoms with van der Waals surface area (Å²) >= 11 is 0. The number of hydrogen-bond donors (Lipinski definition) is 3. The number of aromatic nitrogens is 3. The number of ether oxygens (including phenoxy) is 1. The van der Waals surface area contributed by atoms with Crippen LogP contribution in [0, 0.1) is 0 Å². The van der Waals surface area contributed by atoms with Crippen molar-refractivity contribution in [2.45, 2.75) is 6.36 Å². The molecule has 10 heteroatoms. The van der Waals surface area contributed by atoms with Gasteiger partial charge in [-0.15, -0.1) is 13.2 Å². The van der Waals surface area contributed by atoms with Crippen LogP contribution in [0.1, 0.15) is 10.4 Å². The number of H-pyrrole nitrogens is 1. The number of phenolic OH excluding ortho intramolecular Hbond substituents is 1. The zero-order valence-electron chi connectivity index (χ0n) is 13.3. The van der Waals surface area contributed by atoms with Crippen molar-refractivity contribution in [1.29, 1.82) is 0 Å². The van der Waals surface area contributed by atoms with E-state index in [2.05, 4.69) is 20.1 Å². The third-order valence-corrected chi connectivity index (χ3v) is 3.46. The SMILES string of the molecule is Cn1cc(-c2c[nH]cc2C(=O)Nc2ccc(OC(F)(F)F)cc2O)cn1. The Bertz CT molecular complexity index is 946. The summed E-state index contributed by atoms with van der Waals surface area (Å²) < 4.78 is 41.9. The number of rotatable bonds is 4. The monoisotopic (exact) mass is 366 g/mol. The van der Waals surface area contributed by atoms with E-state index in [1.807, 2.05) is 0 Å². The largest absolute Gasteiger partial charge is 0.573 e.